The third kappa shape index (κ3) is 5.18. The van der Waals surface area contributed by atoms with Crippen molar-refractivity contribution in [3.63, 3.8) is 0 Å². The molecule has 0 bridgehead atoms. The van der Waals surface area contributed by atoms with Crippen LogP contribution >= 0.6 is 0 Å². The minimum Gasteiger partial charge on any atom is -0.423 e. The quantitative estimate of drug-likeness (QED) is 0.577. The second-order valence-electron chi connectivity index (χ2n) is 8.06. The zero-order chi connectivity index (χ0) is 23.4. The highest BCUT2D eigenvalue weighted by Crippen LogP contribution is 2.34. The summed E-state index contributed by atoms with van der Waals surface area (Å²) in [6.07, 6.45) is -0.322. The van der Waals surface area contributed by atoms with Gasteiger partial charge in [0.2, 0.25) is 18.2 Å². The molecule has 0 radical (unpaired) electrons. The SMILES string of the molecule is CCCc1ccc(C(F)(F)F)cc1.Cc1ccc(C2(C)CCNC2=O)cc1-c1nnco1. The van der Waals surface area contributed by atoms with Crippen LogP contribution in [0.3, 0.4) is 0 Å². The van der Waals surface area contributed by atoms with E-state index < -0.39 is 17.2 Å². The number of rotatable bonds is 4. The topological polar surface area (TPSA) is 68.0 Å². The fraction of sp³-hybridized carbons (Fsp3) is 0.375. The Labute approximate surface area is 185 Å². The number of hydrogen-bond donors (Lipinski definition) is 1. The third-order valence-electron chi connectivity index (χ3n) is 5.70. The number of alkyl halides is 3. The maximum absolute atomic E-state index is 12.1. The predicted molar refractivity (Wildman–Crippen MR) is 115 cm³/mol. The lowest BCUT2D eigenvalue weighted by Crippen LogP contribution is -2.32. The Balaban J connectivity index is 0.000000195. The lowest BCUT2D eigenvalue weighted by Gasteiger charge is -2.21. The van der Waals surface area contributed by atoms with E-state index in [1.54, 1.807) is 0 Å². The van der Waals surface area contributed by atoms with E-state index >= 15 is 0 Å². The van der Waals surface area contributed by atoms with E-state index in [9.17, 15) is 18.0 Å². The zero-order valence-electron chi connectivity index (χ0n) is 18.3. The molecule has 2 aromatic carbocycles. The first-order valence-electron chi connectivity index (χ1n) is 10.5. The summed E-state index contributed by atoms with van der Waals surface area (Å²) in [6.45, 7) is 6.68. The monoisotopic (exact) mass is 445 g/mol. The van der Waals surface area contributed by atoms with Crippen LogP contribution in [0.1, 0.15) is 48.9 Å². The maximum atomic E-state index is 12.1. The molecule has 1 aliphatic rings. The smallest absolute Gasteiger partial charge is 0.416 e. The molecular weight excluding hydrogens is 419 g/mol. The molecule has 0 spiro atoms. The van der Waals surface area contributed by atoms with E-state index in [1.165, 1.54) is 18.5 Å². The Morgan fingerprint density at radius 3 is 2.41 bits per heavy atom. The summed E-state index contributed by atoms with van der Waals surface area (Å²) in [7, 11) is 0. The van der Waals surface area contributed by atoms with Crippen LogP contribution in [0.15, 0.2) is 53.3 Å². The van der Waals surface area contributed by atoms with Crippen molar-refractivity contribution in [1.29, 1.82) is 0 Å². The Bertz CT molecular complexity index is 1050. The molecule has 5 nitrogen and oxygen atoms in total. The summed E-state index contributed by atoms with van der Waals surface area (Å²) in [5, 5.41) is 10.5. The first-order valence-corrected chi connectivity index (χ1v) is 10.5. The molecule has 2 heterocycles. The average molecular weight is 445 g/mol. The Kier molecular flexibility index (Phi) is 7.01. The number of amides is 1. The average Bonchev–Trinajstić information content (AvgIpc) is 3.40. The number of aromatic nitrogens is 2. The van der Waals surface area contributed by atoms with Crippen LogP contribution < -0.4 is 5.32 Å². The molecule has 1 aliphatic heterocycles. The highest BCUT2D eigenvalue weighted by molar-refractivity contribution is 5.90. The van der Waals surface area contributed by atoms with E-state index in [-0.39, 0.29) is 5.91 Å². The van der Waals surface area contributed by atoms with Gasteiger partial charge < -0.3 is 9.73 Å². The summed E-state index contributed by atoms with van der Waals surface area (Å²) in [6, 6.07) is 11.3. The van der Waals surface area contributed by atoms with Gasteiger partial charge in [0.15, 0.2) is 0 Å². The lowest BCUT2D eigenvalue weighted by molar-refractivity contribution is -0.137. The standard InChI is InChI=1S/C14H15N3O2.C10H11F3/c1-9-3-4-10(14(2)5-6-15-13(14)18)7-11(9)12-17-16-8-19-12;1-2-3-8-4-6-9(7-5-8)10(11,12)13/h3-4,7-8H,5-6H2,1-2H3,(H,15,18);4-7H,2-3H2,1H3. The highest BCUT2D eigenvalue weighted by atomic mass is 19.4. The Morgan fingerprint density at radius 2 is 1.88 bits per heavy atom. The number of carbonyl (C=O) groups is 1. The van der Waals surface area contributed by atoms with Crippen LogP contribution in [0.2, 0.25) is 0 Å². The van der Waals surface area contributed by atoms with Crippen LogP contribution in [0.4, 0.5) is 13.2 Å². The van der Waals surface area contributed by atoms with E-state index in [2.05, 4.69) is 15.5 Å². The molecule has 0 aliphatic carbocycles. The van der Waals surface area contributed by atoms with Crippen LogP contribution in [0, 0.1) is 6.92 Å². The van der Waals surface area contributed by atoms with Crippen molar-refractivity contribution in [1.82, 2.24) is 15.5 Å². The fourth-order valence-electron chi connectivity index (χ4n) is 3.65. The number of nitrogens with zero attached hydrogens (tertiary/aromatic N) is 2. The number of benzene rings is 2. The second kappa shape index (κ2) is 9.54. The van der Waals surface area contributed by atoms with Gasteiger partial charge in [-0.2, -0.15) is 13.2 Å². The van der Waals surface area contributed by atoms with E-state index in [0.29, 0.717) is 5.89 Å². The van der Waals surface area contributed by atoms with Gasteiger partial charge in [-0.3, -0.25) is 4.79 Å². The first-order chi connectivity index (χ1) is 15.1. The summed E-state index contributed by atoms with van der Waals surface area (Å²) < 4.78 is 41.6. The molecule has 1 aromatic heterocycles. The normalized spacial score (nSPS) is 18.1. The van der Waals surface area contributed by atoms with Crippen molar-refractivity contribution < 1.29 is 22.4 Å². The molecule has 170 valence electrons. The molecule has 0 saturated carbocycles. The van der Waals surface area contributed by atoms with Gasteiger partial charge in [-0.25, -0.2) is 0 Å². The van der Waals surface area contributed by atoms with Gasteiger partial charge in [0, 0.05) is 12.1 Å². The fourth-order valence-corrected chi connectivity index (χ4v) is 3.65. The van der Waals surface area contributed by atoms with Gasteiger partial charge in [0.1, 0.15) is 0 Å². The minimum atomic E-state index is -4.22. The molecule has 8 heteroatoms. The molecule has 1 unspecified atom stereocenters. The summed E-state index contributed by atoms with van der Waals surface area (Å²) >= 11 is 0. The van der Waals surface area contributed by atoms with Gasteiger partial charge in [0.05, 0.1) is 11.0 Å². The molecular formula is C24H26F3N3O2. The van der Waals surface area contributed by atoms with Crippen LogP contribution in [0.25, 0.3) is 11.5 Å². The summed E-state index contributed by atoms with van der Waals surface area (Å²) in [5.74, 6) is 0.564. The lowest BCUT2D eigenvalue weighted by atomic mass is 9.80. The van der Waals surface area contributed by atoms with Gasteiger partial charge in [0.25, 0.3) is 0 Å². The molecule has 1 amide bonds. The first kappa shape index (κ1) is 23.5. The van der Waals surface area contributed by atoms with E-state index in [0.717, 1.165) is 60.2 Å². The number of hydrogen-bond acceptors (Lipinski definition) is 4. The van der Waals surface area contributed by atoms with Gasteiger partial charge in [-0.05, 0) is 61.6 Å². The number of nitrogens with one attached hydrogen (secondary N) is 1. The highest BCUT2D eigenvalue weighted by Gasteiger charge is 2.39. The van der Waals surface area contributed by atoms with Gasteiger partial charge in [-0.1, -0.05) is 37.6 Å². The molecule has 32 heavy (non-hydrogen) atoms. The predicted octanol–water partition coefficient (Wildman–Crippen LogP) is 5.48. The van der Waals surface area contributed by atoms with Crippen LogP contribution in [-0.2, 0) is 22.8 Å². The Morgan fingerprint density at radius 1 is 1.16 bits per heavy atom. The number of carbonyl (C=O) groups excluding carboxylic acids is 1. The Hall–Kier alpha value is -3.16. The zero-order valence-corrected chi connectivity index (χ0v) is 18.3. The largest absolute Gasteiger partial charge is 0.423 e. The van der Waals surface area contributed by atoms with E-state index in [4.69, 9.17) is 4.42 Å². The molecule has 3 aromatic rings. The third-order valence-corrected chi connectivity index (χ3v) is 5.70. The summed E-state index contributed by atoms with van der Waals surface area (Å²) in [4.78, 5) is 12.0. The molecule has 1 N–H and O–H groups in total. The van der Waals surface area contributed by atoms with Crippen molar-refractivity contribution in [2.75, 3.05) is 6.54 Å². The number of halogens is 3. The van der Waals surface area contributed by atoms with Crippen molar-refractivity contribution in [2.24, 2.45) is 0 Å². The maximum Gasteiger partial charge on any atom is 0.416 e. The van der Waals surface area contributed by atoms with Gasteiger partial charge >= 0.3 is 6.18 Å². The molecule has 1 atom stereocenters. The molecule has 4 rings (SSSR count). The van der Waals surface area contributed by atoms with Crippen molar-refractivity contribution in [3.05, 3.63) is 71.1 Å². The number of aryl methyl sites for hydroxylation is 2. The molecule has 1 saturated heterocycles. The molecule has 1 fully saturated rings. The summed E-state index contributed by atoms with van der Waals surface area (Å²) in [5.41, 5.74) is 2.83. The van der Waals surface area contributed by atoms with Crippen molar-refractivity contribution >= 4 is 5.91 Å². The van der Waals surface area contributed by atoms with Crippen LogP contribution in [0.5, 0.6) is 0 Å². The second-order valence-corrected chi connectivity index (χ2v) is 8.06. The van der Waals surface area contributed by atoms with Gasteiger partial charge in [-0.15, -0.1) is 10.2 Å². The van der Waals surface area contributed by atoms with Crippen molar-refractivity contribution in [3.8, 4) is 11.5 Å². The van der Waals surface area contributed by atoms with E-state index in [1.807, 2.05) is 39.0 Å². The van der Waals surface area contributed by atoms with Crippen molar-refractivity contribution in [2.45, 2.75) is 51.6 Å². The van der Waals surface area contributed by atoms with Crippen LogP contribution in [-0.4, -0.2) is 22.6 Å². The minimum absolute atomic E-state index is 0.0767.